The molecule has 2 aromatic carbocycles. The summed E-state index contributed by atoms with van der Waals surface area (Å²) in [4.78, 5) is 21.3. The fraction of sp³-hybridized carbons (Fsp3) is 0.367. The predicted molar refractivity (Wildman–Crippen MR) is 163 cm³/mol. The van der Waals surface area contributed by atoms with Gasteiger partial charge in [-0.25, -0.2) is 4.99 Å². The number of amides is 1. The number of carbonyl (C=O) groups excluding carboxylic acids is 1. The van der Waals surface area contributed by atoms with Crippen LogP contribution in [0.2, 0.25) is 0 Å². The smallest absolute Gasteiger partial charge is 0.247 e. The van der Waals surface area contributed by atoms with Crippen molar-refractivity contribution in [2.75, 3.05) is 49.3 Å². The first-order valence-corrected chi connectivity index (χ1v) is 13.5. The molecule has 0 bridgehead atoms. The van der Waals surface area contributed by atoms with Gasteiger partial charge in [0.05, 0.1) is 35.1 Å². The summed E-state index contributed by atoms with van der Waals surface area (Å²) >= 11 is 0. The Bertz CT molecular complexity index is 1360. The number of nitrogens with one attached hydrogen (secondary N) is 2. The number of nitrogens with zero attached hydrogens (tertiary/aromatic N) is 5. The van der Waals surface area contributed by atoms with Crippen molar-refractivity contribution in [2.45, 2.75) is 38.8 Å². The maximum absolute atomic E-state index is 12.2. The Kier molecular flexibility index (Phi) is 9.03. The number of anilines is 3. The van der Waals surface area contributed by atoms with E-state index in [2.05, 4.69) is 83.2 Å². The van der Waals surface area contributed by atoms with Gasteiger partial charge in [-0.3, -0.25) is 9.48 Å². The van der Waals surface area contributed by atoms with Crippen LogP contribution in [0.3, 0.4) is 0 Å². The van der Waals surface area contributed by atoms with Crippen LogP contribution in [0.25, 0.3) is 16.6 Å². The number of carbonyl (C=O) groups is 1. The number of nitrogens with two attached hydrogens (primary N) is 1. The van der Waals surface area contributed by atoms with Gasteiger partial charge in [0.15, 0.2) is 0 Å². The largest absolute Gasteiger partial charge is 0.390 e. The van der Waals surface area contributed by atoms with E-state index in [-0.39, 0.29) is 11.9 Å². The zero-order chi connectivity index (χ0) is 27.9. The third-order valence-electron chi connectivity index (χ3n) is 7.25. The van der Waals surface area contributed by atoms with Gasteiger partial charge in [-0.05, 0) is 89.3 Å². The quantitative estimate of drug-likeness (QED) is 0.200. The number of aliphatic imine (C=N–C) groups is 1. The molecule has 1 aromatic heterocycles. The van der Waals surface area contributed by atoms with Crippen molar-refractivity contribution in [3.05, 3.63) is 66.9 Å². The van der Waals surface area contributed by atoms with Gasteiger partial charge in [0.2, 0.25) is 5.91 Å². The van der Waals surface area contributed by atoms with Gasteiger partial charge in [0, 0.05) is 42.3 Å². The van der Waals surface area contributed by atoms with E-state index in [4.69, 9.17) is 5.73 Å². The number of rotatable bonds is 10. The number of fused-ring (bicyclic) bond motifs is 1. The average molecular weight is 529 g/mol. The Hall–Kier alpha value is -4.11. The Labute approximate surface area is 231 Å². The van der Waals surface area contributed by atoms with Crippen molar-refractivity contribution in [2.24, 2.45) is 10.7 Å². The highest BCUT2D eigenvalue weighted by Crippen LogP contribution is 2.32. The molecule has 0 unspecified atom stereocenters. The average Bonchev–Trinajstić information content (AvgIpc) is 3.36. The van der Waals surface area contributed by atoms with E-state index >= 15 is 0 Å². The summed E-state index contributed by atoms with van der Waals surface area (Å²) < 4.78 is 2.01. The molecule has 206 valence electrons. The normalized spacial score (nSPS) is 15.3. The molecule has 1 aliphatic rings. The number of aromatic nitrogens is 2. The van der Waals surface area contributed by atoms with Crippen molar-refractivity contribution in [3.63, 3.8) is 0 Å². The molecule has 4 N–H and O–H groups in total. The van der Waals surface area contributed by atoms with Crippen molar-refractivity contribution in [1.82, 2.24) is 14.7 Å². The molecule has 9 heteroatoms. The number of benzene rings is 2. The lowest BCUT2D eigenvalue weighted by Crippen LogP contribution is -2.42. The monoisotopic (exact) mass is 528 g/mol. The molecule has 4 rings (SSSR count). The van der Waals surface area contributed by atoms with Gasteiger partial charge >= 0.3 is 0 Å². The summed E-state index contributed by atoms with van der Waals surface area (Å²) in [5.41, 5.74) is 11.1. The van der Waals surface area contributed by atoms with Crippen molar-refractivity contribution < 1.29 is 4.79 Å². The number of hydrogen-bond donors (Lipinski definition) is 3. The predicted octanol–water partition coefficient (Wildman–Crippen LogP) is 4.71. The van der Waals surface area contributed by atoms with E-state index < -0.39 is 0 Å². The molecule has 1 amide bonds. The van der Waals surface area contributed by atoms with E-state index in [1.807, 2.05) is 35.2 Å². The molecule has 0 atom stereocenters. The summed E-state index contributed by atoms with van der Waals surface area (Å²) in [6, 6.07) is 13.0. The topological polar surface area (TPSA) is 104 Å². The molecule has 1 aliphatic heterocycles. The van der Waals surface area contributed by atoms with Crippen LogP contribution in [0.5, 0.6) is 0 Å². The Morgan fingerprint density at radius 1 is 1.26 bits per heavy atom. The van der Waals surface area contributed by atoms with Crippen LogP contribution < -0.4 is 21.3 Å². The van der Waals surface area contributed by atoms with E-state index in [1.54, 1.807) is 0 Å². The summed E-state index contributed by atoms with van der Waals surface area (Å²) in [6.07, 6.45) is 8.65. The fourth-order valence-electron chi connectivity index (χ4n) is 5.03. The van der Waals surface area contributed by atoms with E-state index in [9.17, 15) is 4.79 Å². The van der Waals surface area contributed by atoms with E-state index in [0.29, 0.717) is 12.6 Å². The van der Waals surface area contributed by atoms with E-state index in [1.165, 1.54) is 12.4 Å². The molecular weight excluding hydrogens is 488 g/mol. The van der Waals surface area contributed by atoms with Crippen LogP contribution in [0.4, 0.5) is 17.1 Å². The molecule has 2 heterocycles. The van der Waals surface area contributed by atoms with Gasteiger partial charge in [-0.2, -0.15) is 5.10 Å². The maximum Gasteiger partial charge on any atom is 0.247 e. The Morgan fingerprint density at radius 3 is 2.72 bits per heavy atom. The molecule has 3 aromatic rings. The first kappa shape index (κ1) is 27.9. The number of likely N-dealkylation sites (tertiary alicyclic amines) is 1. The second-order valence-corrected chi connectivity index (χ2v) is 10.3. The minimum atomic E-state index is -0.235. The number of piperidine rings is 1. The molecule has 1 saturated heterocycles. The first-order valence-electron chi connectivity index (χ1n) is 13.5. The summed E-state index contributed by atoms with van der Waals surface area (Å²) in [6.45, 7) is 10.5. The third kappa shape index (κ3) is 6.67. The van der Waals surface area contributed by atoms with E-state index in [0.717, 1.165) is 65.2 Å². The molecule has 0 aliphatic carbocycles. The molecule has 0 radical (unpaired) electrons. The lowest BCUT2D eigenvalue weighted by molar-refractivity contribution is -0.111. The Morgan fingerprint density at radius 2 is 2.03 bits per heavy atom. The third-order valence-corrected chi connectivity index (χ3v) is 7.25. The van der Waals surface area contributed by atoms with Crippen LogP contribution in [-0.4, -0.2) is 66.7 Å². The van der Waals surface area contributed by atoms with Crippen LogP contribution in [-0.2, 0) is 4.79 Å². The molecular formula is C30H40N8O. The summed E-state index contributed by atoms with van der Waals surface area (Å²) in [7, 11) is 4.26. The highest BCUT2D eigenvalue weighted by Gasteiger charge is 2.23. The van der Waals surface area contributed by atoms with Gasteiger partial charge in [0.1, 0.15) is 0 Å². The summed E-state index contributed by atoms with van der Waals surface area (Å²) in [5, 5.41) is 12.0. The molecule has 39 heavy (non-hydrogen) atoms. The van der Waals surface area contributed by atoms with Crippen LogP contribution >= 0.6 is 0 Å². The molecule has 9 nitrogen and oxygen atoms in total. The minimum Gasteiger partial charge on any atom is -0.390 e. The van der Waals surface area contributed by atoms with Crippen molar-refractivity contribution >= 4 is 45.9 Å². The maximum atomic E-state index is 12.2. The zero-order valence-electron chi connectivity index (χ0n) is 23.4. The highest BCUT2D eigenvalue weighted by atomic mass is 16.1. The highest BCUT2D eigenvalue weighted by molar-refractivity contribution is 6.01. The van der Waals surface area contributed by atoms with Gasteiger partial charge < -0.3 is 26.2 Å². The molecule has 0 spiro atoms. The lowest BCUT2D eigenvalue weighted by Gasteiger charge is -2.37. The minimum absolute atomic E-state index is 0.235. The summed E-state index contributed by atoms with van der Waals surface area (Å²) in [5.74, 6) is -0.235. The zero-order valence-corrected chi connectivity index (χ0v) is 23.4. The van der Waals surface area contributed by atoms with Gasteiger partial charge in [0.25, 0.3) is 0 Å². The lowest BCUT2D eigenvalue weighted by atomic mass is 10.0. The Balaban J connectivity index is 1.53. The van der Waals surface area contributed by atoms with Gasteiger partial charge in [-0.15, -0.1) is 0 Å². The second-order valence-electron chi connectivity index (χ2n) is 10.3. The second kappa shape index (κ2) is 12.6. The fourth-order valence-corrected chi connectivity index (χ4v) is 5.03. The van der Waals surface area contributed by atoms with Crippen LogP contribution in [0, 0.1) is 0 Å². The van der Waals surface area contributed by atoms with Crippen LogP contribution in [0.1, 0.15) is 38.3 Å². The first-order chi connectivity index (χ1) is 18.8. The van der Waals surface area contributed by atoms with Crippen molar-refractivity contribution in [3.8, 4) is 0 Å². The van der Waals surface area contributed by atoms with Crippen molar-refractivity contribution in [1.29, 1.82) is 0 Å². The number of hydrogen-bond acceptors (Lipinski definition) is 6. The van der Waals surface area contributed by atoms with Gasteiger partial charge in [-0.1, -0.05) is 12.6 Å². The molecule has 1 fully saturated rings. The molecule has 0 saturated carbocycles. The SMILES string of the molecule is C=CC(=O)Nc1cc(NC/C=C(\N=C/N)c2ccc3c(cnn3C(C)C)c2)ccc1N(C)C1CCN(C)CC1. The van der Waals surface area contributed by atoms with Crippen LogP contribution in [0.15, 0.2) is 66.3 Å². The standard InChI is InChI=1S/C30H40N8O/c1-6-30(39)35-27-18-24(8-10-29(27)37(5)25-12-15-36(4)16-13-25)32-14-11-26(33-20-31)22-7-9-28-23(17-22)19-34-38(28)21(2)3/h6-11,17-21,25,32H,1,12-16H2,2-5H3,(H2,31,33)(H,35,39)/b26-11-.